The third kappa shape index (κ3) is 3.35. The maximum atomic E-state index is 12.0. The predicted molar refractivity (Wildman–Crippen MR) is 104 cm³/mol. The van der Waals surface area contributed by atoms with Gasteiger partial charge >= 0.3 is 0 Å². The van der Waals surface area contributed by atoms with Crippen LogP contribution in [0.3, 0.4) is 0 Å². The topological polar surface area (TPSA) is 86.6 Å². The number of aliphatic hydroxyl groups is 2. The number of carbonyl (C=O) groups is 2. The summed E-state index contributed by atoms with van der Waals surface area (Å²) in [6, 6.07) is 0. The molecule has 1 saturated heterocycles. The molecule has 3 N–H and O–H groups in total. The Kier molecular flexibility index (Phi) is 5.48. The van der Waals surface area contributed by atoms with Crippen molar-refractivity contribution in [3.8, 4) is 0 Å². The van der Waals surface area contributed by atoms with Crippen LogP contribution in [0.25, 0.3) is 0 Å². The van der Waals surface area contributed by atoms with Crippen molar-refractivity contribution in [2.45, 2.75) is 69.4 Å². The first kappa shape index (κ1) is 21.1. The summed E-state index contributed by atoms with van der Waals surface area (Å²) < 4.78 is 0. The van der Waals surface area contributed by atoms with Crippen molar-refractivity contribution >= 4 is 35.0 Å². The minimum Gasteiger partial charge on any atom is -0.392 e. The summed E-state index contributed by atoms with van der Waals surface area (Å²) in [6.07, 6.45) is -0.197. The molecule has 8 atom stereocenters. The summed E-state index contributed by atoms with van der Waals surface area (Å²) in [6.45, 7) is 10.4. The highest BCUT2D eigenvalue weighted by Gasteiger charge is 2.60. The van der Waals surface area contributed by atoms with Crippen LogP contribution in [0.1, 0.15) is 46.5 Å². The molecule has 5 nitrogen and oxygen atoms in total. The summed E-state index contributed by atoms with van der Waals surface area (Å²) in [5.74, 6) is -1.67. The second kappa shape index (κ2) is 7.01. The SMILES string of the molecule is C=C1[C@H](O)C[C@H]2C(C)(C)[C@@H](Cl)[C@H](Cl)C[C@]2(C)[C@H]1CC(O)C1CC(=O)NC1=O. The van der Waals surface area contributed by atoms with Gasteiger partial charge < -0.3 is 10.2 Å². The molecule has 3 fully saturated rings. The normalized spacial score (nSPS) is 45.4. The van der Waals surface area contributed by atoms with Crippen LogP contribution in [0.15, 0.2) is 12.2 Å². The number of nitrogens with one attached hydrogen (secondary N) is 1. The van der Waals surface area contributed by atoms with Crippen LogP contribution in [-0.2, 0) is 9.59 Å². The molecule has 3 rings (SSSR count). The van der Waals surface area contributed by atoms with Crippen molar-refractivity contribution < 1.29 is 19.8 Å². The van der Waals surface area contributed by atoms with E-state index in [0.29, 0.717) is 18.4 Å². The zero-order valence-electron chi connectivity index (χ0n) is 16.0. The third-order valence-electron chi connectivity index (χ3n) is 7.43. The lowest BCUT2D eigenvalue weighted by atomic mass is 9.46. The molecule has 3 aliphatic rings. The first-order valence-corrected chi connectivity index (χ1v) is 10.4. The number of rotatable bonds is 3. The van der Waals surface area contributed by atoms with Gasteiger partial charge in [-0.15, -0.1) is 23.2 Å². The van der Waals surface area contributed by atoms with Gasteiger partial charge in [0.15, 0.2) is 0 Å². The number of fused-ring (bicyclic) bond motifs is 1. The molecular weight excluding hydrogens is 389 g/mol. The van der Waals surface area contributed by atoms with Crippen molar-refractivity contribution in [2.24, 2.45) is 28.6 Å². The van der Waals surface area contributed by atoms with Gasteiger partial charge in [-0.25, -0.2) is 0 Å². The Morgan fingerprint density at radius 3 is 2.48 bits per heavy atom. The van der Waals surface area contributed by atoms with Gasteiger partial charge in [0.1, 0.15) is 0 Å². The van der Waals surface area contributed by atoms with Gasteiger partial charge in [-0.05, 0) is 47.5 Å². The van der Waals surface area contributed by atoms with Crippen LogP contribution in [0.2, 0.25) is 0 Å². The lowest BCUT2D eigenvalue weighted by Gasteiger charge is -2.61. The number of hydrogen-bond donors (Lipinski definition) is 3. The Hall–Kier alpha value is -0.620. The van der Waals surface area contributed by atoms with Crippen LogP contribution >= 0.6 is 23.2 Å². The molecule has 2 aliphatic carbocycles. The molecular formula is C20H29Cl2NO4. The van der Waals surface area contributed by atoms with E-state index >= 15 is 0 Å². The molecule has 0 aromatic carbocycles. The van der Waals surface area contributed by atoms with E-state index in [2.05, 4.69) is 32.7 Å². The van der Waals surface area contributed by atoms with E-state index in [1.807, 2.05) is 0 Å². The molecule has 2 saturated carbocycles. The van der Waals surface area contributed by atoms with Gasteiger partial charge in [-0.1, -0.05) is 27.4 Å². The summed E-state index contributed by atoms with van der Waals surface area (Å²) in [5, 5.41) is 23.2. The first-order valence-electron chi connectivity index (χ1n) is 9.56. The molecule has 27 heavy (non-hydrogen) atoms. The van der Waals surface area contributed by atoms with Crippen molar-refractivity contribution in [1.82, 2.24) is 5.32 Å². The van der Waals surface area contributed by atoms with Crippen LogP contribution in [0.5, 0.6) is 0 Å². The second-order valence-corrected chi connectivity index (χ2v) is 10.4. The fraction of sp³-hybridized carbons (Fsp3) is 0.800. The number of imide groups is 1. The fourth-order valence-corrected chi connectivity index (χ4v) is 6.77. The number of carbonyl (C=O) groups excluding carboxylic acids is 2. The van der Waals surface area contributed by atoms with Crippen LogP contribution in [0, 0.1) is 28.6 Å². The molecule has 1 heterocycles. The second-order valence-electron chi connectivity index (χ2n) is 9.41. The third-order valence-corrected chi connectivity index (χ3v) is 8.84. The maximum Gasteiger partial charge on any atom is 0.232 e. The Labute approximate surface area is 170 Å². The summed E-state index contributed by atoms with van der Waals surface area (Å²) in [7, 11) is 0. The molecule has 0 aromatic heterocycles. The van der Waals surface area contributed by atoms with Gasteiger partial charge in [0.25, 0.3) is 0 Å². The first-order chi connectivity index (χ1) is 12.4. The van der Waals surface area contributed by atoms with E-state index in [1.165, 1.54) is 0 Å². The Bertz CT molecular complexity index is 666. The van der Waals surface area contributed by atoms with E-state index in [4.69, 9.17) is 23.2 Å². The molecule has 7 heteroatoms. The lowest BCUT2D eigenvalue weighted by Crippen LogP contribution is -2.59. The molecule has 0 aromatic rings. The number of aliphatic hydroxyl groups excluding tert-OH is 2. The number of hydrogen-bond acceptors (Lipinski definition) is 4. The van der Waals surface area contributed by atoms with E-state index in [1.54, 1.807) is 0 Å². The zero-order chi connectivity index (χ0) is 20.3. The van der Waals surface area contributed by atoms with Crippen LogP contribution in [-0.4, -0.2) is 45.0 Å². The van der Waals surface area contributed by atoms with Crippen molar-refractivity contribution in [3.05, 3.63) is 12.2 Å². The van der Waals surface area contributed by atoms with Crippen molar-refractivity contribution in [1.29, 1.82) is 0 Å². The van der Waals surface area contributed by atoms with E-state index in [0.717, 1.165) is 0 Å². The van der Waals surface area contributed by atoms with E-state index in [9.17, 15) is 19.8 Å². The molecule has 1 aliphatic heterocycles. The van der Waals surface area contributed by atoms with E-state index < -0.39 is 24.0 Å². The van der Waals surface area contributed by atoms with Gasteiger partial charge in [-0.2, -0.15) is 0 Å². The summed E-state index contributed by atoms with van der Waals surface area (Å²) in [5.41, 5.74) is 0.0646. The average molecular weight is 418 g/mol. The molecule has 2 amide bonds. The Morgan fingerprint density at radius 1 is 1.30 bits per heavy atom. The Balaban J connectivity index is 1.91. The zero-order valence-corrected chi connectivity index (χ0v) is 17.6. The average Bonchev–Trinajstić information content (AvgIpc) is 2.91. The lowest BCUT2D eigenvalue weighted by molar-refractivity contribution is -0.128. The highest BCUT2D eigenvalue weighted by atomic mass is 35.5. The molecule has 2 unspecified atom stereocenters. The standard InChI is InChI=1S/C20H29Cl2NO4/c1-9-11(6-14(25)10-5-16(26)23-18(10)27)20(4)8-12(21)17(22)19(2,3)15(20)7-13(9)24/h10-15,17,24-25H,1,5-8H2,2-4H3,(H,23,26,27)/t10?,11-,12+,13+,14?,15-,17-,20+/m0/s1. The minimum atomic E-state index is -0.980. The quantitative estimate of drug-likeness (QED) is 0.374. The number of amides is 2. The number of halogens is 2. The van der Waals surface area contributed by atoms with E-state index in [-0.39, 0.29) is 52.2 Å². The van der Waals surface area contributed by atoms with Gasteiger partial charge in [-0.3, -0.25) is 14.9 Å². The molecule has 0 spiro atoms. The van der Waals surface area contributed by atoms with Crippen LogP contribution in [0.4, 0.5) is 0 Å². The van der Waals surface area contributed by atoms with Gasteiger partial charge in [0.2, 0.25) is 11.8 Å². The van der Waals surface area contributed by atoms with Crippen LogP contribution < -0.4 is 5.32 Å². The highest BCUT2D eigenvalue weighted by molar-refractivity contribution is 6.30. The summed E-state index contributed by atoms with van der Waals surface area (Å²) >= 11 is 13.3. The van der Waals surface area contributed by atoms with Crippen molar-refractivity contribution in [3.63, 3.8) is 0 Å². The molecule has 0 bridgehead atoms. The largest absolute Gasteiger partial charge is 0.392 e. The van der Waals surface area contributed by atoms with Crippen molar-refractivity contribution in [2.75, 3.05) is 0 Å². The Morgan fingerprint density at radius 2 is 1.93 bits per heavy atom. The summed E-state index contributed by atoms with van der Waals surface area (Å²) in [4.78, 5) is 23.5. The molecule has 152 valence electrons. The fourth-order valence-electron chi connectivity index (χ4n) is 5.87. The smallest absolute Gasteiger partial charge is 0.232 e. The number of alkyl halides is 2. The molecule has 0 radical (unpaired) electrons. The van der Waals surface area contributed by atoms with Gasteiger partial charge in [0, 0.05) is 6.42 Å². The minimum absolute atomic E-state index is 0.00469. The monoisotopic (exact) mass is 417 g/mol. The van der Waals surface area contributed by atoms with Gasteiger partial charge in [0.05, 0.1) is 28.9 Å². The predicted octanol–water partition coefficient (Wildman–Crippen LogP) is 2.60. The maximum absolute atomic E-state index is 12.0. The highest BCUT2D eigenvalue weighted by Crippen LogP contribution is 2.63.